The van der Waals surface area contributed by atoms with E-state index >= 15 is 0 Å². The first-order valence-corrected chi connectivity index (χ1v) is 15.2. The first-order chi connectivity index (χ1) is 20.8. The van der Waals surface area contributed by atoms with E-state index in [1.807, 2.05) is 36.1 Å². The van der Waals surface area contributed by atoms with E-state index in [4.69, 9.17) is 4.74 Å². The van der Waals surface area contributed by atoms with Gasteiger partial charge < -0.3 is 19.9 Å². The van der Waals surface area contributed by atoms with E-state index in [1.165, 1.54) is 17.0 Å². The molecule has 14 heteroatoms. The van der Waals surface area contributed by atoms with Gasteiger partial charge in [-0.25, -0.2) is 27.9 Å². The summed E-state index contributed by atoms with van der Waals surface area (Å²) in [6.07, 6.45) is 6.52. The van der Waals surface area contributed by atoms with Crippen molar-refractivity contribution in [3.05, 3.63) is 91.1 Å². The molecule has 1 atom stereocenters. The maximum absolute atomic E-state index is 13.3. The second-order valence-corrected chi connectivity index (χ2v) is 11.4. The third-order valence-corrected chi connectivity index (χ3v) is 8.19. The number of anilines is 1. The Morgan fingerprint density at radius 2 is 1.81 bits per heavy atom. The van der Waals surface area contributed by atoms with Crippen molar-refractivity contribution in [3.8, 4) is 11.7 Å². The number of amides is 3. The predicted molar refractivity (Wildman–Crippen MR) is 158 cm³/mol. The number of carbonyl (C=O) groups excluding carboxylic acids is 2. The van der Waals surface area contributed by atoms with Crippen LogP contribution in [0.25, 0.3) is 5.95 Å². The minimum Gasteiger partial charge on any atom is -0.494 e. The number of urea groups is 1. The molecule has 1 fully saturated rings. The van der Waals surface area contributed by atoms with E-state index < -0.39 is 22.1 Å². The third-order valence-electron chi connectivity index (χ3n) is 6.85. The zero-order valence-electron chi connectivity index (χ0n) is 23.5. The number of hydrogen-bond donors (Lipinski definition) is 2. The topological polar surface area (TPSA) is 152 Å². The minimum atomic E-state index is -4.11. The van der Waals surface area contributed by atoms with Gasteiger partial charge in [-0.2, -0.15) is 4.98 Å². The first kappa shape index (κ1) is 29.5. The molecule has 0 radical (unpaired) electrons. The van der Waals surface area contributed by atoms with Crippen LogP contribution in [0, 0.1) is 0 Å². The van der Waals surface area contributed by atoms with Crippen LogP contribution in [0.4, 0.5) is 10.6 Å². The molecule has 1 aliphatic rings. The summed E-state index contributed by atoms with van der Waals surface area (Å²) < 4.78 is 35.1. The number of nitrogens with zero attached hydrogens (tertiary/aromatic N) is 6. The van der Waals surface area contributed by atoms with Crippen LogP contribution in [0.3, 0.4) is 0 Å². The maximum atomic E-state index is 13.3. The molecule has 1 saturated heterocycles. The molecule has 224 valence electrons. The van der Waals surface area contributed by atoms with Gasteiger partial charge in [0, 0.05) is 51.2 Å². The van der Waals surface area contributed by atoms with E-state index in [1.54, 1.807) is 53.8 Å². The van der Waals surface area contributed by atoms with Crippen LogP contribution in [0.15, 0.2) is 90.5 Å². The van der Waals surface area contributed by atoms with Gasteiger partial charge in [-0.15, -0.1) is 0 Å². The summed E-state index contributed by atoms with van der Waals surface area (Å²) in [4.78, 5) is 42.7. The Labute approximate surface area is 249 Å². The largest absolute Gasteiger partial charge is 0.494 e. The molecule has 4 aromatic rings. The molecule has 3 heterocycles. The van der Waals surface area contributed by atoms with E-state index in [9.17, 15) is 18.0 Å². The van der Waals surface area contributed by atoms with Crippen LogP contribution >= 0.6 is 0 Å². The van der Waals surface area contributed by atoms with E-state index in [-0.39, 0.29) is 36.9 Å². The van der Waals surface area contributed by atoms with Crippen LogP contribution in [-0.4, -0.2) is 77.1 Å². The van der Waals surface area contributed by atoms with Crippen LogP contribution in [0.2, 0.25) is 0 Å². The molecule has 2 aromatic carbocycles. The van der Waals surface area contributed by atoms with Gasteiger partial charge in [-0.1, -0.05) is 30.3 Å². The summed E-state index contributed by atoms with van der Waals surface area (Å²) in [5.41, 5.74) is 0.888. The van der Waals surface area contributed by atoms with Gasteiger partial charge in [0.15, 0.2) is 0 Å². The SMILES string of the molecule is CCOc1ccc(CNC(=O)CC2CN(c3ccnc(-n4ccnc4)n3)CCN2C(=O)NS(=O)(=O)c2ccccc2)cc1. The number of rotatable bonds is 10. The van der Waals surface area contributed by atoms with Crippen LogP contribution in [0.5, 0.6) is 5.75 Å². The molecule has 1 unspecified atom stereocenters. The summed E-state index contributed by atoms with van der Waals surface area (Å²) >= 11 is 0. The number of aromatic nitrogens is 4. The number of piperazine rings is 1. The molecule has 0 aliphatic carbocycles. The Hall–Kier alpha value is -4.98. The van der Waals surface area contributed by atoms with Gasteiger partial charge in [0.25, 0.3) is 10.0 Å². The predicted octanol–water partition coefficient (Wildman–Crippen LogP) is 2.36. The minimum absolute atomic E-state index is 0.0281. The maximum Gasteiger partial charge on any atom is 0.331 e. The molecule has 43 heavy (non-hydrogen) atoms. The number of nitrogens with one attached hydrogen (secondary N) is 2. The molecular formula is C29H32N8O5S. The molecular weight excluding hydrogens is 572 g/mol. The van der Waals surface area contributed by atoms with Crippen molar-refractivity contribution in [1.82, 2.24) is 34.5 Å². The molecule has 13 nitrogen and oxygen atoms in total. The zero-order chi connectivity index (χ0) is 30.2. The lowest BCUT2D eigenvalue weighted by molar-refractivity contribution is -0.122. The highest BCUT2D eigenvalue weighted by Gasteiger charge is 2.34. The van der Waals surface area contributed by atoms with Crippen LogP contribution in [0.1, 0.15) is 18.9 Å². The van der Waals surface area contributed by atoms with Crippen molar-refractivity contribution < 1.29 is 22.7 Å². The molecule has 5 rings (SSSR count). The fraction of sp³-hybridized carbons (Fsp3) is 0.276. The highest BCUT2D eigenvalue weighted by molar-refractivity contribution is 7.90. The first-order valence-electron chi connectivity index (χ1n) is 13.8. The molecule has 1 aliphatic heterocycles. The second kappa shape index (κ2) is 13.3. The van der Waals surface area contributed by atoms with Crippen molar-refractivity contribution in [1.29, 1.82) is 0 Å². The third kappa shape index (κ3) is 7.46. The lowest BCUT2D eigenvalue weighted by Gasteiger charge is -2.41. The Kier molecular flexibility index (Phi) is 9.15. The summed E-state index contributed by atoms with van der Waals surface area (Å²) in [6, 6.07) is 15.4. The standard InChI is InChI=1S/C29H32N8O5S/c1-2-42-24-10-8-22(9-11-24)19-32-27(38)18-23-20-35(26-12-13-31-28(33-26)36-15-14-30-21-36)16-17-37(23)29(39)34-43(40,41)25-6-4-3-5-7-25/h3-15,21,23H,2,16-20H2,1H3,(H,32,38)(H,34,39). The fourth-order valence-corrected chi connectivity index (χ4v) is 5.69. The van der Waals surface area contributed by atoms with Crippen molar-refractivity contribution in [2.75, 3.05) is 31.1 Å². The van der Waals surface area contributed by atoms with Crippen molar-refractivity contribution in [3.63, 3.8) is 0 Å². The summed E-state index contributed by atoms with van der Waals surface area (Å²) in [6.45, 7) is 3.53. The van der Waals surface area contributed by atoms with Gasteiger partial charge in [0.1, 0.15) is 17.9 Å². The Morgan fingerprint density at radius 1 is 1.02 bits per heavy atom. The van der Waals surface area contributed by atoms with Crippen molar-refractivity contribution in [2.24, 2.45) is 0 Å². The smallest absolute Gasteiger partial charge is 0.331 e. The van der Waals surface area contributed by atoms with Gasteiger partial charge in [0.2, 0.25) is 11.9 Å². The van der Waals surface area contributed by atoms with Gasteiger partial charge >= 0.3 is 6.03 Å². The van der Waals surface area contributed by atoms with Gasteiger partial charge in [-0.3, -0.25) is 9.36 Å². The molecule has 3 amide bonds. The normalized spacial score (nSPS) is 15.1. The van der Waals surface area contributed by atoms with Gasteiger partial charge in [0.05, 0.1) is 17.5 Å². The van der Waals surface area contributed by atoms with Crippen LogP contribution in [-0.2, 0) is 21.4 Å². The average Bonchev–Trinajstić information content (AvgIpc) is 3.57. The summed E-state index contributed by atoms with van der Waals surface area (Å²) in [5, 5.41) is 2.90. The Bertz CT molecular complexity index is 1630. The Balaban J connectivity index is 1.31. The monoisotopic (exact) mass is 604 g/mol. The number of sulfonamides is 1. The lowest BCUT2D eigenvalue weighted by atomic mass is 10.1. The summed E-state index contributed by atoms with van der Waals surface area (Å²) in [5.74, 6) is 1.49. The van der Waals surface area contributed by atoms with Crippen molar-refractivity contribution >= 4 is 27.8 Å². The quantitative estimate of drug-likeness (QED) is 0.278. The number of carbonyl (C=O) groups is 2. The highest BCUT2D eigenvalue weighted by atomic mass is 32.2. The number of benzene rings is 2. The summed E-state index contributed by atoms with van der Waals surface area (Å²) in [7, 11) is -4.11. The molecule has 2 N–H and O–H groups in total. The zero-order valence-corrected chi connectivity index (χ0v) is 24.4. The fourth-order valence-electron chi connectivity index (χ4n) is 4.71. The molecule has 0 bridgehead atoms. The second-order valence-electron chi connectivity index (χ2n) is 9.76. The average molecular weight is 605 g/mol. The van der Waals surface area contributed by atoms with Crippen molar-refractivity contribution in [2.45, 2.75) is 30.8 Å². The number of ether oxygens (including phenoxy) is 1. The molecule has 2 aromatic heterocycles. The van der Waals surface area contributed by atoms with E-state index in [2.05, 4.69) is 25.0 Å². The van der Waals surface area contributed by atoms with Crippen LogP contribution < -0.4 is 19.7 Å². The number of hydrogen-bond acceptors (Lipinski definition) is 9. The number of imidazole rings is 1. The van der Waals surface area contributed by atoms with E-state index in [0.29, 0.717) is 24.9 Å². The highest BCUT2D eigenvalue weighted by Crippen LogP contribution is 2.21. The Morgan fingerprint density at radius 3 is 2.53 bits per heavy atom. The lowest BCUT2D eigenvalue weighted by Crippen LogP contribution is -2.59. The van der Waals surface area contributed by atoms with Gasteiger partial charge in [-0.05, 0) is 42.8 Å². The molecule has 0 spiro atoms. The van der Waals surface area contributed by atoms with E-state index in [0.717, 1.165) is 11.3 Å². The molecule has 0 saturated carbocycles.